The summed E-state index contributed by atoms with van der Waals surface area (Å²) in [5.74, 6) is -0.320. The van der Waals surface area contributed by atoms with Crippen molar-refractivity contribution in [3.8, 4) is 11.3 Å². The number of aliphatic hydroxyl groups excluding tert-OH is 1. The molecule has 0 saturated carbocycles. The van der Waals surface area contributed by atoms with E-state index in [0.29, 0.717) is 11.3 Å². The van der Waals surface area contributed by atoms with Gasteiger partial charge in [0, 0.05) is 10.9 Å². The lowest BCUT2D eigenvalue weighted by atomic mass is 9.77. The summed E-state index contributed by atoms with van der Waals surface area (Å²) in [6.07, 6.45) is 0. The minimum absolute atomic E-state index is 0.0924. The van der Waals surface area contributed by atoms with E-state index in [1.165, 1.54) is 12.1 Å². The molecule has 6 aromatic rings. The van der Waals surface area contributed by atoms with E-state index in [1.54, 1.807) is 6.07 Å². The van der Waals surface area contributed by atoms with Gasteiger partial charge in [-0.1, -0.05) is 109 Å². The first-order valence-corrected chi connectivity index (χ1v) is 12.3. The second-order valence-electron chi connectivity index (χ2n) is 9.09. The van der Waals surface area contributed by atoms with Crippen molar-refractivity contribution in [2.24, 2.45) is 0 Å². The zero-order valence-electron chi connectivity index (χ0n) is 20.1. The van der Waals surface area contributed by atoms with Gasteiger partial charge in [-0.25, -0.2) is 9.07 Å². The molecule has 0 aliphatic carbocycles. The Morgan fingerprint density at radius 3 is 1.73 bits per heavy atom. The molecule has 5 aromatic carbocycles. The number of fused-ring (bicyclic) bond motifs is 1. The molecular weight excluding hydrogens is 459 g/mol. The van der Waals surface area contributed by atoms with Gasteiger partial charge in [0.2, 0.25) is 0 Å². The molecular formula is C33H25FN2O. The summed E-state index contributed by atoms with van der Waals surface area (Å²) < 4.78 is 16.4. The standard InChI is InChI=1S/C33H25FN2O/c34-29-18-10-11-25(22-29)32-30-21-24(23-37)19-20-31(30)36(35-32)33(26-12-4-1-5-13-26,27-14-6-2-7-15-27)28-16-8-3-9-17-28/h1-22,37H,23H2. The maximum atomic E-state index is 14.4. The van der Waals surface area contributed by atoms with Crippen LogP contribution < -0.4 is 0 Å². The fourth-order valence-electron chi connectivity index (χ4n) is 5.27. The normalized spacial score (nSPS) is 11.6. The van der Waals surface area contributed by atoms with E-state index in [2.05, 4.69) is 41.1 Å². The summed E-state index contributed by atoms with van der Waals surface area (Å²) in [7, 11) is 0. The van der Waals surface area contributed by atoms with E-state index < -0.39 is 5.54 Å². The number of rotatable bonds is 6. The molecule has 0 unspecified atom stereocenters. The summed E-state index contributed by atoms with van der Waals surface area (Å²) in [5, 5.41) is 16.0. The van der Waals surface area contributed by atoms with Crippen molar-refractivity contribution in [2.45, 2.75) is 12.1 Å². The highest BCUT2D eigenvalue weighted by Gasteiger charge is 2.41. The van der Waals surface area contributed by atoms with Crippen LogP contribution in [0.25, 0.3) is 22.2 Å². The predicted octanol–water partition coefficient (Wildman–Crippen LogP) is 7.17. The van der Waals surface area contributed by atoms with Crippen LogP contribution in [0.2, 0.25) is 0 Å². The Morgan fingerprint density at radius 1 is 0.649 bits per heavy atom. The molecule has 4 heteroatoms. The van der Waals surface area contributed by atoms with E-state index in [1.807, 2.05) is 78.9 Å². The number of nitrogens with zero attached hydrogens (tertiary/aromatic N) is 2. The number of aliphatic hydroxyl groups is 1. The molecule has 37 heavy (non-hydrogen) atoms. The van der Waals surface area contributed by atoms with E-state index >= 15 is 0 Å². The van der Waals surface area contributed by atoms with Crippen molar-refractivity contribution >= 4 is 10.9 Å². The van der Waals surface area contributed by atoms with Gasteiger partial charge in [0.15, 0.2) is 0 Å². The summed E-state index contributed by atoms with van der Waals surface area (Å²) in [5.41, 5.74) is 5.34. The van der Waals surface area contributed by atoms with Crippen molar-refractivity contribution in [3.05, 3.63) is 162 Å². The van der Waals surface area contributed by atoms with Crippen molar-refractivity contribution in [1.29, 1.82) is 0 Å². The second kappa shape index (κ2) is 9.49. The highest BCUT2D eigenvalue weighted by atomic mass is 19.1. The molecule has 0 radical (unpaired) electrons. The Bertz CT molecular complexity index is 1560. The lowest BCUT2D eigenvalue weighted by Crippen LogP contribution is -2.38. The molecule has 0 aliphatic rings. The molecule has 0 spiro atoms. The molecule has 180 valence electrons. The van der Waals surface area contributed by atoms with Gasteiger partial charge >= 0.3 is 0 Å². The highest BCUT2D eigenvalue weighted by molar-refractivity contribution is 5.94. The van der Waals surface area contributed by atoms with Crippen LogP contribution in [0.5, 0.6) is 0 Å². The summed E-state index contributed by atoms with van der Waals surface area (Å²) in [6.45, 7) is -0.0924. The van der Waals surface area contributed by atoms with Crippen molar-refractivity contribution < 1.29 is 9.50 Å². The van der Waals surface area contributed by atoms with Gasteiger partial charge in [-0.3, -0.25) is 0 Å². The Hall–Kier alpha value is -4.54. The van der Waals surface area contributed by atoms with Crippen molar-refractivity contribution in [3.63, 3.8) is 0 Å². The lowest BCUT2D eigenvalue weighted by Gasteiger charge is -2.37. The van der Waals surface area contributed by atoms with E-state index in [9.17, 15) is 9.50 Å². The minimum Gasteiger partial charge on any atom is -0.392 e. The molecule has 6 rings (SSSR count). The third-order valence-corrected chi connectivity index (χ3v) is 6.92. The molecule has 3 nitrogen and oxygen atoms in total. The first-order chi connectivity index (χ1) is 18.2. The highest BCUT2D eigenvalue weighted by Crippen LogP contribution is 2.44. The van der Waals surface area contributed by atoms with Crippen molar-refractivity contribution in [1.82, 2.24) is 9.78 Å². The van der Waals surface area contributed by atoms with Crippen LogP contribution in [-0.2, 0) is 12.1 Å². The summed E-state index contributed by atoms with van der Waals surface area (Å²) >= 11 is 0. The fourth-order valence-corrected chi connectivity index (χ4v) is 5.27. The number of hydrogen-bond acceptors (Lipinski definition) is 2. The maximum Gasteiger partial charge on any atom is 0.138 e. The van der Waals surface area contributed by atoms with Crippen LogP contribution in [0, 0.1) is 5.82 Å². The van der Waals surface area contributed by atoms with Gasteiger partial charge in [0.1, 0.15) is 17.1 Å². The third kappa shape index (κ3) is 3.83. The molecule has 1 N–H and O–H groups in total. The Labute approximate surface area is 215 Å². The number of benzene rings is 5. The molecule has 0 bridgehead atoms. The molecule has 0 saturated heterocycles. The zero-order valence-corrected chi connectivity index (χ0v) is 20.1. The maximum absolute atomic E-state index is 14.4. The van der Waals surface area contributed by atoms with Crippen LogP contribution in [0.3, 0.4) is 0 Å². The zero-order chi connectivity index (χ0) is 25.2. The molecule has 0 fully saturated rings. The first-order valence-electron chi connectivity index (χ1n) is 12.3. The second-order valence-corrected chi connectivity index (χ2v) is 9.09. The van der Waals surface area contributed by atoms with E-state index in [4.69, 9.17) is 5.10 Å². The quantitative estimate of drug-likeness (QED) is 0.254. The number of aromatic nitrogens is 2. The van der Waals surface area contributed by atoms with E-state index in [0.717, 1.165) is 33.2 Å². The summed E-state index contributed by atoms with van der Waals surface area (Å²) in [6, 6.07) is 43.4. The SMILES string of the molecule is OCc1ccc2c(c1)c(-c1cccc(F)c1)nn2C(c1ccccc1)(c1ccccc1)c1ccccc1. The average molecular weight is 485 g/mol. The van der Waals surface area contributed by atoms with E-state index in [-0.39, 0.29) is 12.4 Å². The van der Waals surface area contributed by atoms with Gasteiger partial charge < -0.3 is 5.11 Å². The fraction of sp³-hybridized carbons (Fsp3) is 0.0606. The Morgan fingerprint density at radius 2 is 1.22 bits per heavy atom. The Kier molecular flexibility index (Phi) is 5.87. The minimum atomic E-state index is -0.811. The van der Waals surface area contributed by atoms with Gasteiger partial charge in [0.05, 0.1) is 12.1 Å². The van der Waals surface area contributed by atoms with Crippen LogP contribution in [0.4, 0.5) is 4.39 Å². The van der Waals surface area contributed by atoms with Crippen LogP contribution in [0.1, 0.15) is 22.3 Å². The van der Waals surface area contributed by atoms with Crippen LogP contribution in [0.15, 0.2) is 133 Å². The molecule has 1 aromatic heterocycles. The van der Waals surface area contributed by atoms with Crippen molar-refractivity contribution in [2.75, 3.05) is 0 Å². The number of hydrogen-bond donors (Lipinski definition) is 1. The van der Waals surface area contributed by atoms with Crippen LogP contribution in [-0.4, -0.2) is 14.9 Å². The topological polar surface area (TPSA) is 38.1 Å². The molecule has 1 heterocycles. The third-order valence-electron chi connectivity index (χ3n) is 6.92. The van der Waals surface area contributed by atoms with Gasteiger partial charge in [-0.05, 0) is 46.5 Å². The van der Waals surface area contributed by atoms with Gasteiger partial charge in [-0.2, -0.15) is 5.10 Å². The predicted molar refractivity (Wildman–Crippen MR) is 146 cm³/mol. The molecule has 0 atom stereocenters. The Balaban J connectivity index is 1.79. The van der Waals surface area contributed by atoms with Gasteiger partial charge in [0.25, 0.3) is 0 Å². The average Bonchev–Trinajstić information content (AvgIpc) is 3.34. The molecule has 0 aliphatic heterocycles. The first kappa shape index (κ1) is 22.9. The number of halogens is 1. The monoisotopic (exact) mass is 484 g/mol. The van der Waals surface area contributed by atoms with Crippen LogP contribution >= 0.6 is 0 Å². The lowest BCUT2D eigenvalue weighted by molar-refractivity contribution is 0.282. The summed E-state index contributed by atoms with van der Waals surface area (Å²) in [4.78, 5) is 0. The van der Waals surface area contributed by atoms with Gasteiger partial charge in [-0.15, -0.1) is 0 Å². The largest absolute Gasteiger partial charge is 0.392 e. The molecule has 0 amide bonds. The smallest absolute Gasteiger partial charge is 0.138 e.